The van der Waals surface area contributed by atoms with Crippen molar-refractivity contribution >= 4 is 57.7 Å². The van der Waals surface area contributed by atoms with Gasteiger partial charge in [-0.25, -0.2) is 0 Å². The molecule has 0 aliphatic carbocycles. The molecule has 0 spiro atoms. The summed E-state index contributed by atoms with van der Waals surface area (Å²) in [6, 6.07) is 13.6. The van der Waals surface area contributed by atoms with Crippen molar-refractivity contribution in [3.8, 4) is 0 Å². The Morgan fingerprint density at radius 1 is 1.04 bits per heavy atom. The number of nitrogens with one attached hydrogen (secondary N) is 2. The van der Waals surface area contributed by atoms with Gasteiger partial charge in [-0.05, 0) is 59.0 Å². The smallest absolute Gasteiger partial charge is 0.325 e. The Labute approximate surface area is 163 Å². The average Bonchev–Trinajstić information content (AvgIpc) is 2.60. The standard InChI is InChI=1S/C17H14ClIN2O4/c18-14-4-2-1-3-13(14)17(24)20-9-16(23)25-10-15(22)21-12-7-5-11(19)6-8-12/h1-8H,9-10H2,(H,20,24)(H,21,22). The largest absolute Gasteiger partial charge is 0.454 e. The Bertz CT molecular complexity index is 780. The van der Waals surface area contributed by atoms with Crippen LogP contribution in [0.25, 0.3) is 0 Å². The second kappa shape index (κ2) is 9.38. The van der Waals surface area contributed by atoms with Crippen LogP contribution in [-0.4, -0.2) is 30.9 Å². The molecule has 2 N–H and O–H groups in total. The van der Waals surface area contributed by atoms with Crippen LogP contribution in [0.1, 0.15) is 10.4 Å². The molecule has 0 radical (unpaired) electrons. The fraction of sp³-hybridized carbons (Fsp3) is 0.118. The van der Waals surface area contributed by atoms with Crippen molar-refractivity contribution < 1.29 is 19.1 Å². The van der Waals surface area contributed by atoms with E-state index in [1.54, 1.807) is 30.3 Å². The Balaban J connectivity index is 1.73. The van der Waals surface area contributed by atoms with Gasteiger partial charge in [0.1, 0.15) is 6.54 Å². The van der Waals surface area contributed by atoms with E-state index in [9.17, 15) is 14.4 Å². The third kappa shape index (κ3) is 6.35. The maximum atomic E-state index is 11.9. The highest BCUT2D eigenvalue weighted by Crippen LogP contribution is 2.14. The van der Waals surface area contributed by atoms with Crippen LogP contribution < -0.4 is 10.6 Å². The molecule has 0 saturated carbocycles. The molecular formula is C17H14ClIN2O4. The van der Waals surface area contributed by atoms with Gasteiger partial charge in [-0.2, -0.15) is 0 Å². The number of halogens is 2. The lowest BCUT2D eigenvalue weighted by Gasteiger charge is -2.08. The molecule has 25 heavy (non-hydrogen) atoms. The maximum Gasteiger partial charge on any atom is 0.325 e. The molecule has 130 valence electrons. The summed E-state index contributed by atoms with van der Waals surface area (Å²) >= 11 is 8.04. The third-order valence-corrected chi connectivity index (χ3v) is 4.05. The SMILES string of the molecule is O=C(COC(=O)CNC(=O)c1ccccc1Cl)Nc1ccc(I)cc1. The van der Waals surface area contributed by atoms with Crippen molar-refractivity contribution in [3.05, 3.63) is 62.7 Å². The van der Waals surface area contributed by atoms with E-state index < -0.39 is 24.4 Å². The van der Waals surface area contributed by atoms with Gasteiger partial charge in [-0.15, -0.1) is 0 Å². The molecule has 0 fully saturated rings. The predicted octanol–water partition coefficient (Wildman–Crippen LogP) is 2.86. The summed E-state index contributed by atoms with van der Waals surface area (Å²) in [5, 5.41) is 5.27. The van der Waals surface area contributed by atoms with E-state index in [1.165, 1.54) is 6.07 Å². The molecule has 2 aromatic rings. The summed E-state index contributed by atoms with van der Waals surface area (Å²) in [5.74, 6) is -1.68. The molecule has 2 amide bonds. The van der Waals surface area contributed by atoms with Crippen LogP contribution >= 0.6 is 34.2 Å². The number of anilines is 1. The van der Waals surface area contributed by atoms with Crippen molar-refractivity contribution in [2.24, 2.45) is 0 Å². The van der Waals surface area contributed by atoms with Crippen molar-refractivity contribution in [2.75, 3.05) is 18.5 Å². The first-order valence-electron chi connectivity index (χ1n) is 7.19. The first-order chi connectivity index (χ1) is 12.0. The molecular weight excluding hydrogens is 459 g/mol. The molecule has 0 bridgehead atoms. The number of benzene rings is 2. The molecule has 8 heteroatoms. The van der Waals surface area contributed by atoms with E-state index >= 15 is 0 Å². The monoisotopic (exact) mass is 472 g/mol. The zero-order chi connectivity index (χ0) is 18.2. The Hall–Kier alpha value is -2.13. The summed E-state index contributed by atoms with van der Waals surface area (Å²) in [7, 11) is 0. The minimum atomic E-state index is -0.724. The molecule has 0 aromatic heterocycles. The quantitative estimate of drug-likeness (QED) is 0.500. The molecule has 2 rings (SSSR count). The van der Waals surface area contributed by atoms with Gasteiger partial charge in [0.15, 0.2) is 6.61 Å². The molecule has 6 nitrogen and oxygen atoms in total. The molecule has 0 aliphatic rings. The summed E-state index contributed by atoms with van der Waals surface area (Å²) in [5.41, 5.74) is 0.863. The molecule has 0 heterocycles. The number of carbonyl (C=O) groups is 3. The van der Waals surface area contributed by atoms with Gasteiger partial charge >= 0.3 is 5.97 Å². The number of carbonyl (C=O) groups excluding carboxylic acids is 3. The minimum absolute atomic E-state index is 0.258. The van der Waals surface area contributed by atoms with Crippen LogP contribution in [0.5, 0.6) is 0 Å². The van der Waals surface area contributed by atoms with Gasteiger partial charge in [0.2, 0.25) is 0 Å². The van der Waals surface area contributed by atoms with E-state index in [2.05, 4.69) is 33.2 Å². The van der Waals surface area contributed by atoms with Gasteiger partial charge in [-0.1, -0.05) is 23.7 Å². The predicted molar refractivity (Wildman–Crippen MR) is 103 cm³/mol. The fourth-order valence-corrected chi connectivity index (χ4v) is 2.40. The highest BCUT2D eigenvalue weighted by Gasteiger charge is 2.12. The van der Waals surface area contributed by atoms with Gasteiger partial charge in [0.05, 0.1) is 10.6 Å². The van der Waals surface area contributed by atoms with E-state index in [4.69, 9.17) is 16.3 Å². The zero-order valence-electron chi connectivity index (χ0n) is 12.9. The maximum absolute atomic E-state index is 11.9. The van der Waals surface area contributed by atoms with Crippen LogP contribution in [0.15, 0.2) is 48.5 Å². The average molecular weight is 473 g/mol. The van der Waals surface area contributed by atoms with E-state index in [0.29, 0.717) is 5.69 Å². The second-order valence-corrected chi connectivity index (χ2v) is 6.53. The van der Waals surface area contributed by atoms with Gasteiger partial charge < -0.3 is 15.4 Å². The summed E-state index contributed by atoms with van der Waals surface area (Å²) in [6.07, 6.45) is 0. The van der Waals surface area contributed by atoms with Crippen LogP contribution in [0.3, 0.4) is 0 Å². The first-order valence-corrected chi connectivity index (χ1v) is 8.65. The number of hydrogen-bond donors (Lipinski definition) is 2. The van der Waals surface area contributed by atoms with Crippen molar-refractivity contribution in [2.45, 2.75) is 0 Å². The normalized spacial score (nSPS) is 10.0. The molecule has 0 atom stereocenters. The number of esters is 1. The lowest BCUT2D eigenvalue weighted by atomic mass is 10.2. The number of rotatable bonds is 6. The topological polar surface area (TPSA) is 84.5 Å². The Kier molecular flexibility index (Phi) is 7.20. The summed E-state index contributed by atoms with van der Waals surface area (Å²) in [6.45, 7) is -0.798. The third-order valence-electron chi connectivity index (χ3n) is 3.00. The minimum Gasteiger partial charge on any atom is -0.454 e. The lowest BCUT2D eigenvalue weighted by Crippen LogP contribution is -2.32. The summed E-state index contributed by atoms with van der Waals surface area (Å²) in [4.78, 5) is 35.2. The van der Waals surface area contributed by atoms with Gasteiger partial charge in [0.25, 0.3) is 11.8 Å². The summed E-state index contributed by atoms with van der Waals surface area (Å²) < 4.78 is 5.85. The Morgan fingerprint density at radius 2 is 1.72 bits per heavy atom. The number of amides is 2. The van der Waals surface area contributed by atoms with Crippen molar-refractivity contribution in [1.29, 1.82) is 0 Å². The fourth-order valence-electron chi connectivity index (χ4n) is 1.82. The lowest BCUT2D eigenvalue weighted by molar-refractivity contribution is -0.146. The zero-order valence-corrected chi connectivity index (χ0v) is 15.8. The molecule has 0 saturated heterocycles. The highest BCUT2D eigenvalue weighted by atomic mass is 127. The van der Waals surface area contributed by atoms with Crippen LogP contribution in [-0.2, 0) is 14.3 Å². The van der Waals surface area contributed by atoms with Crippen LogP contribution in [0.4, 0.5) is 5.69 Å². The van der Waals surface area contributed by atoms with E-state index in [1.807, 2.05) is 12.1 Å². The molecule has 2 aromatic carbocycles. The molecule has 0 aliphatic heterocycles. The van der Waals surface area contributed by atoms with Gasteiger partial charge in [-0.3, -0.25) is 14.4 Å². The first kappa shape index (κ1) is 19.2. The van der Waals surface area contributed by atoms with Gasteiger partial charge in [0, 0.05) is 9.26 Å². The molecule has 0 unspecified atom stereocenters. The van der Waals surface area contributed by atoms with E-state index in [0.717, 1.165) is 3.57 Å². The van der Waals surface area contributed by atoms with Crippen molar-refractivity contribution in [3.63, 3.8) is 0 Å². The Morgan fingerprint density at radius 3 is 2.40 bits per heavy atom. The highest BCUT2D eigenvalue weighted by molar-refractivity contribution is 14.1. The number of ether oxygens (including phenoxy) is 1. The second-order valence-electron chi connectivity index (χ2n) is 4.88. The van der Waals surface area contributed by atoms with Crippen LogP contribution in [0, 0.1) is 3.57 Å². The van der Waals surface area contributed by atoms with E-state index in [-0.39, 0.29) is 17.1 Å². The van der Waals surface area contributed by atoms with Crippen LogP contribution in [0.2, 0.25) is 5.02 Å². The van der Waals surface area contributed by atoms with Crippen molar-refractivity contribution in [1.82, 2.24) is 5.32 Å². The number of hydrogen-bond acceptors (Lipinski definition) is 4.